The Morgan fingerprint density at radius 1 is 0.735 bits per heavy atom. The predicted molar refractivity (Wildman–Crippen MR) is 134 cm³/mol. The maximum atomic E-state index is 12.7. The van der Waals surface area contributed by atoms with E-state index in [4.69, 9.17) is 0 Å². The van der Waals surface area contributed by atoms with Crippen molar-refractivity contribution in [2.24, 2.45) is 0 Å². The number of benzene rings is 3. The van der Waals surface area contributed by atoms with Crippen molar-refractivity contribution in [3.05, 3.63) is 102 Å². The van der Waals surface area contributed by atoms with Gasteiger partial charge in [0.1, 0.15) is 0 Å². The Morgan fingerprint density at radius 3 is 1.94 bits per heavy atom. The lowest BCUT2D eigenvalue weighted by molar-refractivity contribution is -0.133. The predicted octanol–water partition coefficient (Wildman–Crippen LogP) is 3.44. The van der Waals surface area contributed by atoms with Gasteiger partial charge in [0.25, 0.3) is 0 Å². The van der Waals surface area contributed by atoms with E-state index in [2.05, 4.69) is 33.9 Å². The van der Waals surface area contributed by atoms with Gasteiger partial charge in [-0.1, -0.05) is 72.8 Å². The van der Waals surface area contributed by atoms with Crippen LogP contribution in [0, 0.1) is 0 Å². The minimum atomic E-state index is -3.58. The topological polar surface area (TPSA) is 69.7 Å². The van der Waals surface area contributed by atoms with Crippen LogP contribution in [-0.4, -0.2) is 50.3 Å². The molecular formula is C27H31N3O3S. The number of hydrogen-bond acceptors (Lipinski definition) is 4. The Labute approximate surface area is 202 Å². The van der Waals surface area contributed by atoms with E-state index in [1.165, 1.54) is 5.56 Å². The average Bonchev–Trinajstić information content (AvgIpc) is 2.88. The smallest absolute Gasteiger partial charge is 0.240 e. The van der Waals surface area contributed by atoms with Gasteiger partial charge < -0.3 is 4.90 Å². The fraction of sp³-hybridized carbons (Fsp3) is 0.296. The lowest BCUT2D eigenvalue weighted by atomic mass is 10.1. The zero-order chi connectivity index (χ0) is 23.8. The second kappa shape index (κ2) is 11.4. The molecule has 0 bridgehead atoms. The molecule has 1 N–H and O–H groups in total. The number of nitrogens with one attached hydrogen (secondary N) is 1. The van der Waals surface area contributed by atoms with Gasteiger partial charge in [-0.25, -0.2) is 13.1 Å². The van der Waals surface area contributed by atoms with E-state index in [-0.39, 0.29) is 17.3 Å². The van der Waals surface area contributed by atoms with Gasteiger partial charge >= 0.3 is 0 Å². The van der Waals surface area contributed by atoms with E-state index in [1.54, 1.807) is 24.3 Å². The van der Waals surface area contributed by atoms with Crippen LogP contribution in [0.15, 0.2) is 89.8 Å². The van der Waals surface area contributed by atoms with Crippen LogP contribution in [0.3, 0.4) is 0 Å². The molecule has 0 spiro atoms. The molecule has 1 aliphatic heterocycles. The minimum absolute atomic E-state index is 0.153. The van der Waals surface area contributed by atoms with Gasteiger partial charge in [0.2, 0.25) is 15.9 Å². The number of carbonyl (C=O) groups excluding carboxylic acids is 1. The molecule has 0 saturated carbocycles. The molecule has 3 aromatic carbocycles. The van der Waals surface area contributed by atoms with Crippen molar-refractivity contribution in [3.63, 3.8) is 0 Å². The van der Waals surface area contributed by atoms with E-state index in [0.717, 1.165) is 43.9 Å². The molecule has 1 amide bonds. The highest BCUT2D eigenvalue weighted by Gasteiger charge is 2.21. The lowest BCUT2D eigenvalue weighted by Gasteiger charge is -2.34. The van der Waals surface area contributed by atoms with Crippen molar-refractivity contribution in [2.75, 3.05) is 26.2 Å². The minimum Gasteiger partial charge on any atom is -0.340 e. The second-order valence-electron chi connectivity index (χ2n) is 8.60. The van der Waals surface area contributed by atoms with Crippen LogP contribution in [-0.2, 0) is 34.3 Å². The van der Waals surface area contributed by atoms with Crippen molar-refractivity contribution in [1.29, 1.82) is 0 Å². The Bertz CT molecular complexity index is 1160. The normalized spacial score (nSPS) is 14.8. The third kappa shape index (κ3) is 6.76. The summed E-state index contributed by atoms with van der Waals surface area (Å²) < 4.78 is 27.7. The fourth-order valence-corrected chi connectivity index (χ4v) is 5.12. The first kappa shape index (κ1) is 24.1. The Balaban J connectivity index is 1.22. The summed E-state index contributed by atoms with van der Waals surface area (Å²) in [5.41, 5.74) is 3.16. The quantitative estimate of drug-likeness (QED) is 0.513. The number of carbonyl (C=O) groups is 1. The number of hydrogen-bond donors (Lipinski definition) is 1. The molecule has 34 heavy (non-hydrogen) atoms. The summed E-state index contributed by atoms with van der Waals surface area (Å²) in [7, 11) is -3.58. The van der Waals surface area contributed by atoms with E-state index in [0.29, 0.717) is 12.8 Å². The third-order valence-corrected chi connectivity index (χ3v) is 7.56. The molecule has 0 unspecified atom stereocenters. The van der Waals surface area contributed by atoms with Crippen LogP contribution < -0.4 is 4.72 Å². The highest BCUT2D eigenvalue weighted by atomic mass is 32.2. The molecule has 0 radical (unpaired) electrons. The highest BCUT2D eigenvalue weighted by Crippen LogP contribution is 2.14. The summed E-state index contributed by atoms with van der Waals surface area (Å²) in [4.78, 5) is 17.2. The first-order valence-corrected chi connectivity index (χ1v) is 13.1. The first-order valence-electron chi connectivity index (χ1n) is 11.7. The van der Waals surface area contributed by atoms with Gasteiger partial charge in [-0.05, 0) is 35.2 Å². The number of piperazine rings is 1. The van der Waals surface area contributed by atoms with E-state index >= 15 is 0 Å². The van der Waals surface area contributed by atoms with Crippen LogP contribution in [0.1, 0.15) is 23.1 Å². The second-order valence-corrected chi connectivity index (χ2v) is 10.4. The molecule has 7 heteroatoms. The van der Waals surface area contributed by atoms with Gasteiger partial charge in [0.15, 0.2) is 0 Å². The van der Waals surface area contributed by atoms with Crippen molar-refractivity contribution in [2.45, 2.75) is 30.8 Å². The van der Waals surface area contributed by atoms with Gasteiger partial charge in [-0.3, -0.25) is 9.69 Å². The maximum absolute atomic E-state index is 12.7. The molecule has 1 aliphatic rings. The van der Waals surface area contributed by atoms with E-state index in [1.807, 2.05) is 41.3 Å². The monoisotopic (exact) mass is 477 g/mol. The molecular weight excluding hydrogens is 446 g/mol. The van der Waals surface area contributed by atoms with Crippen LogP contribution in [0.4, 0.5) is 0 Å². The SMILES string of the molecule is O=C(CCc1ccc(S(=O)(=O)NCc2ccccc2)cc1)N1CCN(Cc2ccccc2)CC1. The Morgan fingerprint density at radius 2 is 1.32 bits per heavy atom. The Kier molecular flexibility index (Phi) is 8.11. The van der Waals surface area contributed by atoms with Crippen LogP contribution in [0.2, 0.25) is 0 Å². The maximum Gasteiger partial charge on any atom is 0.240 e. The molecule has 0 atom stereocenters. The molecule has 0 aliphatic carbocycles. The Hall–Kier alpha value is -3.00. The van der Waals surface area contributed by atoms with Crippen LogP contribution in [0.25, 0.3) is 0 Å². The number of nitrogens with zero attached hydrogens (tertiary/aromatic N) is 2. The molecule has 1 heterocycles. The molecule has 4 rings (SSSR count). The zero-order valence-corrected chi connectivity index (χ0v) is 20.1. The average molecular weight is 478 g/mol. The molecule has 3 aromatic rings. The van der Waals surface area contributed by atoms with Crippen LogP contribution >= 0.6 is 0 Å². The van der Waals surface area contributed by atoms with E-state index in [9.17, 15) is 13.2 Å². The number of rotatable bonds is 9. The number of aryl methyl sites for hydroxylation is 1. The highest BCUT2D eigenvalue weighted by molar-refractivity contribution is 7.89. The molecule has 1 saturated heterocycles. The summed E-state index contributed by atoms with van der Waals surface area (Å²) in [6.45, 7) is 4.41. The van der Waals surface area contributed by atoms with Crippen molar-refractivity contribution in [3.8, 4) is 0 Å². The molecule has 178 valence electrons. The van der Waals surface area contributed by atoms with Crippen molar-refractivity contribution >= 4 is 15.9 Å². The van der Waals surface area contributed by atoms with Gasteiger partial charge in [-0.15, -0.1) is 0 Å². The standard InChI is InChI=1S/C27H31N3O3S/c31-27(30-19-17-29(18-20-30)22-25-9-5-2-6-10-25)16-13-23-11-14-26(15-12-23)34(32,33)28-21-24-7-3-1-4-8-24/h1-12,14-15,28H,13,16-22H2. The van der Waals surface area contributed by atoms with Gasteiger partial charge in [0.05, 0.1) is 4.90 Å². The summed E-state index contributed by atoms with van der Waals surface area (Å²) in [5, 5.41) is 0. The molecule has 0 aromatic heterocycles. The van der Waals surface area contributed by atoms with Crippen molar-refractivity contribution < 1.29 is 13.2 Å². The van der Waals surface area contributed by atoms with Gasteiger partial charge in [-0.2, -0.15) is 0 Å². The molecule has 1 fully saturated rings. The van der Waals surface area contributed by atoms with Crippen molar-refractivity contribution in [1.82, 2.24) is 14.5 Å². The number of sulfonamides is 1. The third-order valence-electron chi connectivity index (χ3n) is 6.14. The van der Waals surface area contributed by atoms with Gasteiger partial charge in [0, 0.05) is 45.7 Å². The number of amides is 1. The summed E-state index contributed by atoms with van der Waals surface area (Å²) in [6, 6.07) is 26.6. The zero-order valence-electron chi connectivity index (χ0n) is 19.3. The first-order chi connectivity index (χ1) is 16.5. The lowest BCUT2D eigenvalue weighted by Crippen LogP contribution is -2.48. The van der Waals surface area contributed by atoms with Crippen LogP contribution in [0.5, 0.6) is 0 Å². The van der Waals surface area contributed by atoms with E-state index < -0.39 is 10.0 Å². The summed E-state index contributed by atoms with van der Waals surface area (Å²) in [5.74, 6) is 0.153. The molecule has 6 nitrogen and oxygen atoms in total. The fourth-order valence-electron chi connectivity index (χ4n) is 4.10. The summed E-state index contributed by atoms with van der Waals surface area (Å²) >= 11 is 0. The summed E-state index contributed by atoms with van der Waals surface area (Å²) in [6.07, 6.45) is 1.03. The largest absolute Gasteiger partial charge is 0.340 e.